The topological polar surface area (TPSA) is 83.4 Å². The molecule has 0 saturated heterocycles. The molecule has 0 saturated carbocycles. The summed E-state index contributed by atoms with van der Waals surface area (Å²) in [5.41, 5.74) is 4.96. The minimum absolute atomic E-state index is 0.127. The van der Waals surface area contributed by atoms with Crippen LogP contribution in [0.4, 0.5) is 0 Å². The Bertz CT molecular complexity index is 1440. The summed E-state index contributed by atoms with van der Waals surface area (Å²) in [5, 5.41) is 4.25. The second kappa shape index (κ2) is 7.88. The van der Waals surface area contributed by atoms with E-state index in [4.69, 9.17) is 4.98 Å². The van der Waals surface area contributed by atoms with E-state index in [1.54, 1.807) is 39.5 Å². The summed E-state index contributed by atoms with van der Waals surface area (Å²) in [6.45, 7) is 4.60. The fourth-order valence-electron chi connectivity index (χ4n) is 3.87. The number of aryl methyl sites for hydroxylation is 1. The van der Waals surface area contributed by atoms with Gasteiger partial charge >= 0.3 is 5.69 Å². The number of hydrogen-bond acceptors (Lipinski definition) is 5. The van der Waals surface area contributed by atoms with Crippen LogP contribution >= 0.6 is 0 Å². The van der Waals surface area contributed by atoms with Gasteiger partial charge in [0.05, 0.1) is 24.1 Å². The first-order chi connectivity index (χ1) is 15.5. The van der Waals surface area contributed by atoms with Crippen molar-refractivity contribution in [1.82, 2.24) is 33.9 Å². The van der Waals surface area contributed by atoms with Crippen molar-refractivity contribution in [3.05, 3.63) is 89.0 Å². The summed E-state index contributed by atoms with van der Waals surface area (Å²) in [6, 6.07) is 13.7. The Morgan fingerprint density at radius 3 is 2.53 bits per heavy atom. The van der Waals surface area contributed by atoms with E-state index < -0.39 is 0 Å². The average molecular weight is 425 g/mol. The first-order valence-corrected chi connectivity index (χ1v) is 10.5. The third kappa shape index (κ3) is 3.39. The molecule has 0 unspecified atom stereocenters. The van der Waals surface area contributed by atoms with Gasteiger partial charge in [-0.1, -0.05) is 26.0 Å². The van der Waals surface area contributed by atoms with Gasteiger partial charge in [-0.25, -0.2) is 19.4 Å². The molecule has 8 nitrogen and oxygen atoms in total. The van der Waals surface area contributed by atoms with Gasteiger partial charge in [0.1, 0.15) is 5.52 Å². The minimum atomic E-state index is -0.127. The van der Waals surface area contributed by atoms with Crippen LogP contribution in [0.1, 0.15) is 31.0 Å². The van der Waals surface area contributed by atoms with Crippen LogP contribution in [0, 0.1) is 0 Å². The monoisotopic (exact) mass is 425 g/mol. The van der Waals surface area contributed by atoms with E-state index in [9.17, 15) is 4.79 Å². The molecule has 4 heterocycles. The fourth-order valence-corrected chi connectivity index (χ4v) is 3.87. The van der Waals surface area contributed by atoms with Gasteiger partial charge in [0.15, 0.2) is 11.5 Å². The number of imidazole rings is 1. The lowest BCUT2D eigenvalue weighted by molar-refractivity contribution is 0.731. The van der Waals surface area contributed by atoms with E-state index in [0.717, 1.165) is 22.5 Å². The summed E-state index contributed by atoms with van der Waals surface area (Å²) in [5.74, 6) is 0.805. The van der Waals surface area contributed by atoms with Crippen molar-refractivity contribution >= 4 is 11.2 Å². The van der Waals surface area contributed by atoms with Crippen LogP contribution in [0.2, 0.25) is 0 Å². The molecule has 0 aliphatic heterocycles. The minimum Gasteiger partial charge on any atom is -0.292 e. The zero-order valence-corrected chi connectivity index (χ0v) is 18.2. The highest BCUT2D eigenvalue weighted by Gasteiger charge is 2.17. The maximum absolute atomic E-state index is 13.0. The maximum atomic E-state index is 13.0. The van der Waals surface area contributed by atoms with Crippen molar-refractivity contribution in [3.8, 4) is 17.1 Å². The SMILES string of the molecule is CC(C)c1ncccc1-c1ncc2c(n1)n(Cc1ccc(-n3cccn3)cc1)c(=O)n2C. The highest BCUT2D eigenvalue weighted by Crippen LogP contribution is 2.25. The van der Waals surface area contributed by atoms with Gasteiger partial charge in [-0.15, -0.1) is 0 Å². The highest BCUT2D eigenvalue weighted by atomic mass is 16.1. The lowest BCUT2D eigenvalue weighted by Gasteiger charge is -2.10. The molecule has 0 aliphatic rings. The third-order valence-electron chi connectivity index (χ3n) is 5.56. The third-order valence-corrected chi connectivity index (χ3v) is 5.56. The van der Waals surface area contributed by atoms with Gasteiger partial charge in [-0.05, 0) is 41.8 Å². The largest absolute Gasteiger partial charge is 0.330 e. The molecule has 5 aromatic rings. The lowest BCUT2D eigenvalue weighted by Crippen LogP contribution is -2.22. The van der Waals surface area contributed by atoms with Crippen LogP contribution in [-0.4, -0.2) is 33.9 Å². The summed E-state index contributed by atoms with van der Waals surface area (Å²) in [4.78, 5) is 26.9. The summed E-state index contributed by atoms with van der Waals surface area (Å²) in [6.07, 6.45) is 7.14. The molecule has 32 heavy (non-hydrogen) atoms. The number of rotatable bonds is 5. The Morgan fingerprint density at radius 1 is 1.00 bits per heavy atom. The first kappa shape index (κ1) is 19.9. The van der Waals surface area contributed by atoms with Gasteiger partial charge in [0, 0.05) is 31.2 Å². The molecule has 0 aliphatic carbocycles. The molecule has 5 rings (SSSR count). The Labute approximate surface area is 184 Å². The van der Waals surface area contributed by atoms with Crippen LogP contribution in [-0.2, 0) is 13.6 Å². The van der Waals surface area contributed by atoms with Crippen LogP contribution in [0.25, 0.3) is 28.2 Å². The number of aromatic nitrogens is 7. The van der Waals surface area contributed by atoms with E-state index in [1.807, 2.05) is 48.7 Å². The van der Waals surface area contributed by atoms with Crippen molar-refractivity contribution in [3.63, 3.8) is 0 Å². The quantitative estimate of drug-likeness (QED) is 0.430. The molecule has 0 amide bonds. The molecule has 4 aromatic heterocycles. The zero-order valence-electron chi connectivity index (χ0n) is 18.2. The second-order valence-electron chi connectivity index (χ2n) is 8.04. The Kier molecular flexibility index (Phi) is 4.89. The molecular formula is C24H23N7O. The number of benzene rings is 1. The first-order valence-electron chi connectivity index (χ1n) is 10.5. The van der Waals surface area contributed by atoms with Gasteiger partial charge in [-0.2, -0.15) is 5.10 Å². The normalized spacial score (nSPS) is 11.5. The molecule has 0 atom stereocenters. The smallest absolute Gasteiger partial charge is 0.292 e. The van der Waals surface area contributed by atoms with Crippen molar-refractivity contribution in [2.24, 2.45) is 7.05 Å². The zero-order chi connectivity index (χ0) is 22.2. The van der Waals surface area contributed by atoms with Crippen molar-refractivity contribution in [2.45, 2.75) is 26.3 Å². The van der Waals surface area contributed by atoms with Crippen molar-refractivity contribution < 1.29 is 0 Å². The molecule has 0 radical (unpaired) electrons. The second-order valence-corrected chi connectivity index (χ2v) is 8.04. The van der Waals surface area contributed by atoms with E-state index in [-0.39, 0.29) is 11.6 Å². The predicted octanol–water partition coefficient (Wildman–Crippen LogP) is 3.55. The molecule has 160 valence electrons. The fraction of sp³-hybridized carbons (Fsp3) is 0.208. The Hall–Kier alpha value is -4.07. The van der Waals surface area contributed by atoms with Gasteiger partial charge in [-0.3, -0.25) is 14.1 Å². The number of fused-ring (bicyclic) bond motifs is 1. The summed E-state index contributed by atoms with van der Waals surface area (Å²) in [7, 11) is 1.74. The standard InChI is InChI=1S/C24H23N7O/c1-16(2)21-19(6-4-11-25-21)22-26-14-20-23(28-22)30(24(32)29(20)3)15-17-7-9-18(10-8-17)31-13-5-12-27-31/h4-14,16H,15H2,1-3H3. The highest BCUT2D eigenvalue weighted by molar-refractivity contribution is 5.74. The van der Waals surface area contributed by atoms with E-state index in [0.29, 0.717) is 23.5 Å². The van der Waals surface area contributed by atoms with Crippen molar-refractivity contribution in [1.29, 1.82) is 0 Å². The average Bonchev–Trinajstić information content (AvgIpc) is 3.43. The van der Waals surface area contributed by atoms with Gasteiger partial charge < -0.3 is 0 Å². The van der Waals surface area contributed by atoms with Gasteiger partial charge in [0.2, 0.25) is 0 Å². The molecule has 0 fully saturated rings. The maximum Gasteiger partial charge on any atom is 0.330 e. The van der Waals surface area contributed by atoms with Crippen LogP contribution in [0.3, 0.4) is 0 Å². The molecule has 0 bridgehead atoms. The van der Waals surface area contributed by atoms with Crippen LogP contribution in [0.15, 0.2) is 72.0 Å². The number of pyridine rings is 1. The summed E-state index contributed by atoms with van der Waals surface area (Å²) < 4.78 is 5.08. The molecular weight excluding hydrogens is 402 g/mol. The number of nitrogens with zero attached hydrogens (tertiary/aromatic N) is 7. The lowest BCUT2D eigenvalue weighted by atomic mass is 10.0. The van der Waals surface area contributed by atoms with E-state index in [2.05, 4.69) is 28.9 Å². The molecule has 0 N–H and O–H groups in total. The molecule has 8 heteroatoms. The van der Waals surface area contributed by atoms with Crippen LogP contribution in [0.5, 0.6) is 0 Å². The molecule has 0 spiro atoms. The molecule has 1 aromatic carbocycles. The summed E-state index contributed by atoms with van der Waals surface area (Å²) >= 11 is 0. The van der Waals surface area contributed by atoms with Crippen LogP contribution < -0.4 is 5.69 Å². The Morgan fingerprint density at radius 2 is 1.81 bits per heavy atom. The number of hydrogen-bond donors (Lipinski definition) is 0. The van der Waals surface area contributed by atoms with Gasteiger partial charge in [0.25, 0.3) is 0 Å². The van der Waals surface area contributed by atoms with E-state index >= 15 is 0 Å². The van der Waals surface area contributed by atoms with Crippen molar-refractivity contribution in [2.75, 3.05) is 0 Å². The predicted molar refractivity (Wildman–Crippen MR) is 123 cm³/mol. The Balaban J connectivity index is 1.57. The van der Waals surface area contributed by atoms with E-state index in [1.165, 1.54) is 0 Å².